The summed E-state index contributed by atoms with van der Waals surface area (Å²) in [5.41, 5.74) is 1.000. The molecule has 0 atom stereocenters. The number of halogens is 1. The lowest BCUT2D eigenvalue weighted by Crippen LogP contribution is -2.08. The Labute approximate surface area is 71.2 Å². The molecule has 1 aromatic carbocycles. The lowest BCUT2D eigenvalue weighted by atomic mass is 10.1. The van der Waals surface area contributed by atoms with Crippen LogP contribution in [0.2, 0.25) is 0 Å². The van der Waals surface area contributed by atoms with Crippen LogP contribution in [-0.2, 0) is 10.3 Å². The fourth-order valence-corrected chi connectivity index (χ4v) is 1.48. The molecule has 0 radical (unpaired) electrons. The minimum absolute atomic E-state index is 0.0896. The monoisotopic (exact) mass is 166 g/mol. The Morgan fingerprint density at radius 2 is 1.83 bits per heavy atom. The molecule has 0 bridgehead atoms. The molecule has 2 heteroatoms. The van der Waals surface area contributed by atoms with Crippen molar-refractivity contribution in [1.29, 1.82) is 0 Å². The van der Waals surface area contributed by atoms with Crippen LogP contribution < -0.4 is 0 Å². The number of benzene rings is 1. The molecule has 0 unspecified atom stereocenters. The molecule has 1 aliphatic rings. The molecule has 2 rings (SSSR count). The van der Waals surface area contributed by atoms with E-state index in [2.05, 4.69) is 0 Å². The lowest BCUT2D eigenvalue weighted by Gasteiger charge is -2.12. The number of hydrogen-bond donors (Lipinski definition) is 0. The zero-order valence-electron chi connectivity index (χ0n) is 7.01. The van der Waals surface area contributed by atoms with Gasteiger partial charge < -0.3 is 4.74 Å². The highest BCUT2D eigenvalue weighted by Gasteiger charge is 2.44. The zero-order valence-corrected chi connectivity index (χ0v) is 7.01. The number of methoxy groups -OCH3 is 1. The van der Waals surface area contributed by atoms with Gasteiger partial charge in [0.1, 0.15) is 5.82 Å². The highest BCUT2D eigenvalue weighted by Crippen LogP contribution is 2.48. The van der Waals surface area contributed by atoms with Crippen molar-refractivity contribution in [2.24, 2.45) is 0 Å². The van der Waals surface area contributed by atoms with E-state index in [0.29, 0.717) is 0 Å². The second kappa shape index (κ2) is 2.56. The summed E-state index contributed by atoms with van der Waals surface area (Å²) < 4.78 is 17.9. The summed E-state index contributed by atoms with van der Waals surface area (Å²) in [5, 5.41) is 0. The van der Waals surface area contributed by atoms with Crippen molar-refractivity contribution in [3.8, 4) is 0 Å². The first-order valence-corrected chi connectivity index (χ1v) is 4.08. The molecular weight excluding hydrogens is 155 g/mol. The van der Waals surface area contributed by atoms with Crippen LogP contribution in [0.15, 0.2) is 24.3 Å². The van der Waals surface area contributed by atoms with Crippen LogP contribution in [0.4, 0.5) is 4.39 Å². The van der Waals surface area contributed by atoms with Gasteiger partial charge in [0, 0.05) is 7.11 Å². The molecular formula is C10H11FO. The van der Waals surface area contributed by atoms with Gasteiger partial charge in [-0.15, -0.1) is 0 Å². The van der Waals surface area contributed by atoms with E-state index in [9.17, 15) is 4.39 Å². The number of hydrogen-bond acceptors (Lipinski definition) is 1. The van der Waals surface area contributed by atoms with Crippen LogP contribution in [0.3, 0.4) is 0 Å². The van der Waals surface area contributed by atoms with Crippen LogP contribution in [0.5, 0.6) is 0 Å². The van der Waals surface area contributed by atoms with Crippen LogP contribution in [0.25, 0.3) is 0 Å². The molecule has 64 valence electrons. The SMILES string of the molecule is COC1(c2ccc(F)cc2)CC1. The summed E-state index contributed by atoms with van der Waals surface area (Å²) in [7, 11) is 1.70. The van der Waals surface area contributed by atoms with Gasteiger partial charge >= 0.3 is 0 Å². The van der Waals surface area contributed by atoms with Crippen LogP contribution >= 0.6 is 0 Å². The second-order valence-corrected chi connectivity index (χ2v) is 3.21. The molecule has 1 fully saturated rings. The molecule has 0 aliphatic heterocycles. The second-order valence-electron chi connectivity index (χ2n) is 3.21. The van der Waals surface area contributed by atoms with Gasteiger partial charge in [0.2, 0.25) is 0 Å². The summed E-state index contributed by atoms with van der Waals surface area (Å²) in [5.74, 6) is -0.189. The highest BCUT2D eigenvalue weighted by atomic mass is 19.1. The van der Waals surface area contributed by atoms with Crippen molar-refractivity contribution in [3.63, 3.8) is 0 Å². The quantitative estimate of drug-likeness (QED) is 0.655. The third kappa shape index (κ3) is 1.12. The lowest BCUT2D eigenvalue weighted by molar-refractivity contribution is 0.0788. The normalized spacial score (nSPS) is 19.2. The Hall–Kier alpha value is -0.890. The van der Waals surface area contributed by atoms with Gasteiger partial charge in [0.15, 0.2) is 0 Å². The molecule has 0 spiro atoms. The van der Waals surface area contributed by atoms with Crippen molar-refractivity contribution in [1.82, 2.24) is 0 Å². The number of ether oxygens (including phenoxy) is 1. The topological polar surface area (TPSA) is 9.23 Å². The Balaban J connectivity index is 2.29. The van der Waals surface area contributed by atoms with Crippen molar-refractivity contribution in [2.75, 3.05) is 7.11 Å². The minimum atomic E-state index is -0.189. The summed E-state index contributed by atoms with van der Waals surface area (Å²) >= 11 is 0. The smallest absolute Gasteiger partial charge is 0.123 e. The fraction of sp³-hybridized carbons (Fsp3) is 0.400. The fourth-order valence-electron chi connectivity index (χ4n) is 1.48. The Bertz CT molecular complexity index is 274. The molecule has 1 aromatic rings. The molecule has 0 aromatic heterocycles. The standard InChI is InChI=1S/C10H11FO/c1-12-10(6-7-10)8-2-4-9(11)5-3-8/h2-5H,6-7H2,1H3. The van der Waals surface area contributed by atoms with Gasteiger partial charge in [-0.3, -0.25) is 0 Å². The molecule has 12 heavy (non-hydrogen) atoms. The van der Waals surface area contributed by atoms with Crippen LogP contribution in [-0.4, -0.2) is 7.11 Å². The zero-order chi connectivity index (χ0) is 8.60. The average molecular weight is 166 g/mol. The van der Waals surface area contributed by atoms with Gasteiger partial charge in [0.25, 0.3) is 0 Å². The van der Waals surface area contributed by atoms with Crippen molar-refractivity contribution >= 4 is 0 Å². The molecule has 1 saturated carbocycles. The third-order valence-electron chi connectivity index (χ3n) is 2.47. The predicted octanol–water partition coefficient (Wildman–Crippen LogP) is 2.46. The van der Waals surface area contributed by atoms with Crippen molar-refractivity contribution < 1.29 is 9.13 Å². The molecule has 0 heterocycles. The Kier molecular flexibility index (Phi) is 1.65. The summed E-state index contributed by atoms with van der Waals surface area (Å²) in [6, 6.07) is 6.56. The first-order chi connectivity index (χ1) is 5.77. The maximum absolute atomic E-state index is 12.6. The van der Waals surface area contributed by atoms with E-state index >= 15 is 0 Å². The highest BCUT2D eigenvalue weighted by molar-refractivity contribution is 5.28. The van der Waals surface area contributed by atoms with E-state index in [1.807, 2.05) is 0 Å². The van der Waals surface area contributed by atoms with Gasteiger partial charge in [-0.2, -0.15) is 0 Å². The first-order valence-electron chi connectivity index (χ1n) is 4.08. The van der Waals surface area contributed by atoms with E-state index in [1.165, 1.54) is 12.1 Å². The predicted molar refractivity (Wildman–Crippen MR) is 44.3 cm³/mol. The maximum atomic E-state index is 12.6. The molecule has 0 amide bonds. The average Bonchev–Trinajstić information content (AvgIpc) is 2.86. The maximum Gasteiger partial charge on any atom is 0.123 e. The molecule has 0 N–H and O–H groups in total. The minimum Gasteiger partial charge on any atom is -0.374 e. The van der Waals surface area contributed by atoms with E-state index in [4.69, 9.17) is 4.74 Å². The van der Waals surface area contributed by atoms with Crippen LogP contribution in [0, 0.1) is 5.82 Å². The Morgan fingerprint density at radius 3 is 2.25 bits per heavy atom. The molecule has 0 saturated heterocycles. The molecule has 1 nitrogen and oxygen atoms in total. The van der Waals surface area contributed by atoms with E-state index in [1.54, 1.807) is 19.2 Å². The summed E-state index contributed by atoms with van der Waals surface area (Å²) in [6.07, 6.45) is 2.10. The van der Waals surface area contributed by atoms with Gasteiger partial charge in [-0.1, -0.05) is 12.1 Å². The summed E-state index contributed by atoms with van der Waals surface area (Å²) in [4.78, 5) is 0. The van der Waals surface area contributed by atoms with Crippen molar-refractivity contribution in [2.45, 2.75) is 18.4 Å². The van der Waals surface area contributed by atoms with E-state index < -0.39 is 0 Å². The molecule has 1 aliphatic carbocycles. The van der Waals surface area contributed by atoms with Gasteiger partial charge in [0.05, 0.1) is 5.60 Å². The van der Waals surface area contributed by atoms with Crippen LogP contribution in [0.1, 0.15) is 18.4 Å². The third-order valence-corrected chi connectivity index (χ3v) is 2.47. The van der Waals surface area contributed by atoms with Crippen molar-refractivity contribution in [3.05, 3.63) is 35.6 Å². The Morgan fingerprint density at radius 1 is 1.25 bits per heavy atom. The summed E-state index contributed by atoms with van der Waals surface area (Å²) in [6.45, 7) is 0. The van der Waals surface area contributed by atoms with E-state index in [0.717, 1.165) is 18.4 Å². The number of rotatable bonds is 2. The first kappa shape index (κ1) is 7.74. The van der Waals surface area contributed by atoms with Gasteiger partial charge in [-0.05, 0) is 30.5 Å². The van der Waals surface area contributed by atoms with E-state index in [-0.39, 0.29) is 11.4 Å². The van der Waals surface area contributed by atoms with Gasteiger partial charge in [-0.25, -0.2) is 4.39 Å². The largest absolute Gasteiger partial charge is 0.374 e.